The molecule has 4 nitrogen and oxygen atoms in total. The van der Waals surface area contributed by atoms with Crippen molar-refractivity contribution in [2.45, 2.75) is 38.0 Å². The molecule has 0 radical (unpaired) electrons. The van der Waals surface area contributed by atoms with Gasteiger partial charge in [0.15, 0.2) is 0 Å². The number of fused-ring (bicyclic) bond motifs is 1. The zero-order chi connectivity index (χ0) is 15.9. The summed E-state index contributed by atoms with van der Waals surface area (Å²) in [7, 11) is 3.25. The maximum atomic E-state index is 12.7. The maximum Gasteiger partial charge on any atom is 0.232 e. The molecule has 2 aliphatic rings. The molecule has 2 fully saturated rings. The van der Waals surface area contributed by atoms with Crippen LogP contribution < -0.4 is 4.74 Å². The van der Waals surface area contributed by atoms with Crippen molar-refractivity contribution in [2.75, 3.05) is 14.2 Å². The molecule has 118 valence electrons. The molecule has 0 unspecified atom stereocenters. The van der Waals surface area contributed by atoms with Gasteiger partial charge >= 0.3 is 0 Å². The quantitative estimate of drug-likeness (QED) is 0.789. The van der Waals surface area contributed by atoms with Crippen LogP contribution >= 0.6 is 0 Å². The van der Waals surface area contributed by atoms with Crippen LogP contribution in [0.25, 0.3) is 0 Å². The molecular formula is C18H23NO3. The lowest BCUT2D eigenvalue weighted by atomic mass is 9.56. The third-order valence-corrected chi connectivity index (χ3v) is 5.44. The van der Waals surface area contributed by atoms with E-state index < -0.39 is 0 Å². The number of hydrogen-bond acceptors (Lipinski definition) is 3. The SMILES string of the molecule is COc1cccc([C@@]23CC(=O)N(C)C(=O)[C@@H]2CC[C@H](C)C3)c1. The lowest BCUT2D eigenvalue weighted by molar-refractivity contribution is -0.156. The van der Waals surface area contributed by atoms with Crippen LogP contribution in [0.2, 0.25) is 0 Å². The third kappa shape index (κ3) is 2.21. The highest BCUT2D eigenvalue weighted by molar-refractivity contribution is 6.00. The van der Waals surface area contributed by atoms with E-state index in [1.807, 2.05) is 24.3 Å². The van der Waals surface area contributed by atoms with Crippen LogP contribution in [0.4, 0.5) is 0 Å². The molecule has 1 aliphatic heterocycles. The number of carbonyl (C=O) groups is 2. The molecule has 22 heavy (non-hydrogen) atoms. The van der Waals surface area contributed by atoms with Gasteiger partial charge in [-0.3, -0.25) is 14.5 Å². The number of rotatable bonds is 2. The predicted octanol–water partition coefficient (Wildman–Crippen LogP) is 2.76. The number of hydrogen-bond donors (Lipinski definition) is 0. The minimum atomic E-state index is -0.368. The van der Waals surface area contributed by atoms with E-state index in [0.29, 0.717) is 12.3 Å². The van der Waals surface area contributed by atoms with Crippen molar-refractivity contribution in [1.29, 1.82) is 0 Å². The predicted molar refractivity (Wildman–Crippen MR) is 83.6 cm³/mol. The molecule has 1 aromatic carbocycles. The first-order valence-electron chi connectivity index (χ1n) is 7.93. The molecule has 3 atom stereocenters. The summed E-state index contributed by atoms with van der Waals surface area (Å²) in [6.45, 7) is 2.21. The van der Waals surface area contributed by atoms with E-state index in [1.54, 1.807) is 14.2 Å². The molecule has 1 saturated carbocycles. The van der Waals surface area contributed by atoms with E-state index in [2.05, 4.69) is 6.92 Å². The molecule has 1 saturated heterocycles. The fourth-order valence-corrected chi connectivity index (χ4v) is 4.25. The molecule has 0 aromatic heterocycles. The second-order valence-corrected chi connectivity index (χ2v) is 6.80. The number of benzene rings is 1. The van der Waals surface area contributed by atoms with Crippen LogP contribution in [-0.4, -0.2) is 30.9 Å². The Balaban J connectivity index is 2.11. The Morgan fingerprint density at radius 3 is 2.77 bits per heavy atom. The molecule has 1 heterocycles. The van der Waals surface area contributed by atoms with Gasteiger partial charge in [-0.25, -0.2) is 0 Å². The van der Waals surface area contributed by atoms with E-state index in [-0.39, 0.29) is 23.1 Å². The zero-order valence-corrected chi connectivity index (χ0v) is 13.5. The highest BCUT2D eigenvalue weighted by atomic mass is 16.5. The van der Waals surface area contributed by atoms with Crippen molar-refractivity contribution in [3.05, 3.63) is 29.8 Å². The van der Waals surface area contributed by atoms with Crippen molar-refractivity contribution >= 4 is 11.8 Å². The summed E-state index contributed by atoms with van der Waals surface area (Å²) in [5.41, 5.74) is 0.700. The number of piperidine rings is 1. The fourth-order valence-electron chi connectivity index (χ4n) is 4.25. The van der Waals surface area contributed by atoms with Gasteiger partial charge in [0.05, 0.1) is 7.11 Å². The highest BCUT2D eigenvalue weighted by Gasteiger charge is 2.53. The summed E-state index contributed by atoms with van der Waals surface area (Å²) >= 11 is 0. The summed E-state index contributed by atoms with van der Waals surface area (Å²) in [4.78, 5) is 26.4. The number of amides is 2. The smallest absolute Gasteiger partial charge is 0.232 e. The summed E-state index contributed by atoms with van der Waals surface area (Å²) in [5, 5.41) is 0. The van der Waals surface area contributed by atoms with Crippen LogP contribution in [-0.2, 0) is 15.0 Å². The first-order valence-corrected chi connectivity index (χ1v) is 7.93. The van der Waals surface area contributed by atoms with Crippen LogP contribution in [0.15, 0.2) is 24.3 Å². The van der Waals surface area contributed by atoms with Crippen LogP contribution in [0.5, 0.6) is 5.75 Å². The topological polar surface area (TPSA) is 46.6 Å². The van der Waals surface area contributed by atoms with E-state index in [4.69, 9.17) is 4.74 Å². The van der Waals surface area contributed by atoms with Gasteiger partial charge in [0, 0.05) is 24.8 Å². The number of carbonyl (C=O) groups excluding carboxylic acids is 2. The van der Waals surface area contributed by atoms with Crippen LogP contribution in [0.1, 0.15) is 38.2 Å². The Kier molecular flexibility index (Phi) is 3.71. The molecule has 1 aliphatic carbocycles. The Bertz CT molecular complexity index is 612. The Morgan fingerprint density at radius 2 is 2.05 bits per heavy atom. The Labute approximate surface area is 131 Å². The van der Waals surface area contributed by atoms with Crippen LogP contribution in [0, 0.1) is 11.8 Å². The van der Waals surface area contributed by atoms with Crippen molar-refractivity contribution in [3.63, 3.8) is 0 Å². The van der Waals surface area contributed by atoms with Gasteiger partial charge < -0.3 is 4.74 Å². The number of methoxy groups -OCH3 is 1. The van der Waals surface area contributed by atoms with Crippen molar-refractivity contribution in [1.82, 2.24) is 4.90 Å². The fraction of sp³-hybridized carbons (Fsp3) is 0.556. The van der Waals surface area contributed by atoms with Gasteiger partial charge in [-0.15, -0.1) is 0 Å². The molecule has 0 N–H and O–H groups in total. The molecule has 0 bridgehead atoms. The number of nitrogens with zero attached hydrogens (tertiary/aromatic N) is 1. The standard InChI is InChI=1S/C18H23NO3/c1-12-7-8-15-17(21)19(2)16(20)11-18(15,10-12)13-5-4-6-14(9-13)22-3/h4-6,9,12,15H,7-8,10-11H2,1-3H3/t12-,15-,18+/m0/s1. The Morgan fingerprint density at radius 1 is 1.27 bits per heavy atom. The molecular weight excluding hydrogens is 278 g/mol. The lowest BCUT2D eigenvalue weighted by Crippen LogP contribution is -2.57. The largest absolute Gasteiger partial charge is 0.497 e. The monoisotopic (exact) mass is 301 g/mol. The summed E-state index contributed by atoms with van der Waals surface area (Å²) in [6, 6.07) is 7.89. The van der Waals surface area contributed by atoms with Gasteiger partial charge in [-0.05, 0) is 42.9 Å². The minimum Gasteiger partial charge on any atom is -0.497 e. The zero-order valence-electron chi connectivity index (χ0n) is 13.5. The van der Waals surface area contributed by atoms with E-state index in [1.165, 1.54) is 4.90 Å². The van der Waals surface area contributed by atoms with E-state index in [9.17, 15) is 9.59 Å². The van der Waals surface area contributed by atoms with Crippen molar-refractivity contribution in [3.8, 4) is 5.75 Å². The van der Waals surface area contributed by atoms with Crippen molar-refractivity contribution < 1.29 is 14.3 Å². The second kappa shape index (κ2) is 5.41. The van der Waals surface area contributed by atoms with Gasteiger partial charge in [0.2, 0.25) is 11.8 Å². The Hall–Kier alpha value is -1.84. The molecule has 1 aromatic rings. The molecule has 0 spiro atoms. The molecule has 4 heteroatoms. The summed E-state index contributed by atoms with van der Waals surface area (Å²) in [5.74, 6) is 1.11. The van der Waals surface area contributed by atoms with Gasteiger partial charge in [-0.1, -0.05) is 19.1 Å². The third-order valence-electron chi connectivity index (χ3n) is 5.44. The highest BCUT2D eigenvalue weighted by Crippen LogP contribution is 2.51. The lowest BCUT2D eigenvalue weighted by Gasteiger charge is -2.50. The van der Waals surface area contributed by atoms with Gasteiger partial charge in [0.25, 0.3) is 0 Å². The maximum absolute atomic E-state index is 12.7. The normalized spacial score (nSPS) is 31.9. The van der Waals surface area contributed by atoms with Crippen LogP contribution in [0.3, 0.4) is 0 Å². The van der Waals surface area contributed by atoms with E-state index >= 15 is 0 Å². The first kappa shape index (κ1) is 15.1. The first-order chi connectivity index (χ1) is 10.5. The van der Waals surface area contributed by atoms with Crippen molar-refractivity contribution in [2.24, 2.45) is 11.8 Å². The molecule has 2 amide bonds. The second-order valence-electron chi connectivity index (χ2n) is 6.80. The summed E-state index contributed by atoms with van der Waals surface area (Å²) < 4.78 is 5.34. The number of likely N-dealkylation sites (tertiary alicyclic amines) is 1. The summed E-state index contributed by atoms with van der Waals surface area (Å²) in [6.07, 6.45) is 3.20. The molecule has 3 rings (SSSR count). The number of imide groups is 1. The average Bonchev–Trinajstić information content (AvgIpc) is 2.52. The van der Waals surface area contributed by atoms with E-state index in [0.717, 1.165) is 30.6 Å². The van der Waals surface area contributed by atoms with Gasteiger partial charge in [0.1, 0.15) is 5.75 Å². The average molecular weight is 301 g/mol. The minimum absolute atomic E-state index is 0.0223. The van der Waals surface area contributed by atoms with Gasteiger partial charge in [-0.2, -0.15) is 0 Å². The number of ether oxygens (including phenoxy) is 1.